The number of rotatable bonds is 7. The van der Waals surface area contributed by atoms with Gasteiger partial charge in [0.1, 0.15) is 0 Å². The van der Waals surface area contributed by atoms with Gasteiger partial charge in [-0.1, -0.05) is 85.3 Å². The van der Waals surface area contributed by atoms with E-state index in [-0.39, 0.29) is 11.5 Å². The average Bonchev–Trinajstić information content (AvgIpc) is 2.89. The van der Waals surface area contributed by atoms with Crippen LogP contribution < -0.4 is 15.7 Å². The maximum absolute atomic E-state index is 15.0. The largest absolute Gasteiger partial charge is 0.297 e. The molecule has 168 valence electrons. The van der Waals surface area contributed by atoms with E-state index in [0.717, 1.165) is 35.4 Å². The summed E-state index contributed by atoms with van der Waals surface area (Å²) >= 11 is 0. The molecule has 0 radical (unpaired) electrons. The van der Waals surface area contributed by atoms with E-state index in [4.69, 9.17) is 0 Å². The highest BCUT2D eigenvalue weighted by atomic mass is 31.2. The summed E-state index contributed by atoms with van der Waals surface area (Å²) in [4.78, 5) is 0. The number of nitrogens with one attached hydrogen (secondary N) is 1. The molecule has 1 saturated carbocycles. The van der Waals surface area contributed by atoms with Gasteiger partial charge in [0, 0.05) is 22.1 Å². The van der Waals surface area contributed by atoms with Crippen LogP contribution in [0.4, 0.5) is 0 Å². The molecule has 0 spiro atoms. The van der Waals surface area contributed by atoms with Gasteiger partial charge in [0.15, 0.2) is 0 Å². The van der Waals surface area contributed by atoms with Crippen molar-refractivity contribution in [2.24, 2.45) is 0 Å². The van der Waals surface area contributed by atoms with Gasteiger partial charge >= 0.3 is 0 Å². The van der Waals surface area contributed by atoms with E-state index in [2.05, 4.69) is 35.4 Å². The van der Waals surface area contributed by atoms with E-state index in [0.29, 0.717) is 5.56 Å². The maximum Gasteiger partial charge on any atom is 0.205 e. The first-order valence-corrected chi connectivity index (χ1v) is 13.4. The minimum atomic E-state index is -3.16. The lowest BCUT2D eigenvalue weighted by Crippen LogP contribution is -2.47. The number of nitriles is 1. The van der Waals surface area contributed by atoms with Crippen molar-refractivity contribution in [1.29, 1.82) is 5.26 Å². The van der Waals surface area contributed by atoms with Crippen molar-refractivity contribution in [2.45, 2.75) is 30.7 Å². The number of nitrogens with zero attached hydrogens (tertiary/aromatic N) is 1. The Kier molecular flexibility index (Phi) is 6.20. The third-order valence-electron chi connectivity index (χ3n) is 7.07. The van der Waals surface area contributed by atoms with Crippen molar-refractivity contribution in [2.75, 3.05) is 0 Å². The summed E-state index contributed by atoms with van der Waals surface area (Å²) in [6, 6.07) is 39.9. The van der Waals surface area contributed by atoms with Crippen LogP contribution in [0.25, 0.3) is 0 Å². The summed E-state index contributed by atoms with van der Waals surface area (Å²) in [5, 5.41) is 14.6. The molecule has 4 aromatic rings. The summed E-state index contributed by atoms with van der Waals surface area (Å²) in [6.07, 6.45) is 3.11. The Hall–Kier alpha value is -3.44. The van der Waals surface area contributed by atoms with Gasteiger partial charge in [-0.15, -0.1) is 0 Å². The molecule has 0 bridgehead atoms. The number of hydrogen-bond acceptors (Lipinski definition) is 2. The minimum Gasteiger partial charge on any atom is -0.297 e. The van der Waals surface area contributed by atoms with Crippen molar-refractivity contribution in [3.05, 3.63) is 132 Å². The lowest BCUT2D eigenvalue weighted by molar-refractivity contribution is 0.185. The molecule has 0 saturated heterocycles. The Balaban J connectivity index is 1.67. The van der Waals surface area contributed by atoms with Gasteiger partial charge in [0.05, 0.1) is 11.6 Å². The predicted molar refractivity (Wildman–Crippen MR) is 139 cm³/mol. The van der Waals surface area contributed by atoms with E-state index in [1.807, 2.05) is 91.0 Å². The molecule has 1 fully saturated rings. The van der Waals surface area contributed by atoms with Crippen molar-refractivity contribution in [3.8, 4) is 6.07 Å². The van der Waals surface area contributed by atoms with Crippen LogP contribution in [0.5, 0.6) is 0 Å². The molecule has 1 N–H and O–H groups in total. The molecule has 0 aromatic heterocycles. The monoisotopic (exact) mass is 462 g/mol. The van der Waals surface area contributed by atoms with Crippen LogP contribution in [-0.2, 0) is 9.98 Å². The van der Waals surface area contributed by atoms with E-state index in [9.17, 15) is 9.83 Å². The Morgan fingerprint density at radius 1 is 0.735 bits per heavy atom. The highest BCUT2D eigenvalue weighted by molar-refractivity contribution is 7.76. The quantitative estimate of drug-likeness (QED) is 0.331. The molecule has 4 heteroatoms. The van der Waals surface area contributed by atoms with Gasteiger partial charge in [-0.2, -0.15) is 5.26 Å². The number of hydrogen-bond donors (Lipinski definition) is 1. The molecule has 4 aromatic carbocycles. The first-order valence-electron chi connectivity index (χ1n) is 11.7. The summed E-state index contributed by atoms with van der Waals surface area (Å²) in [5.74, 6) is 0. The molecule has 34 heavy (non-hydrogen) atoms. The van der Waals surface area contributed by atoms with Crippen molar-refractivity contribution < 1.29 is 4.57 Å². The average molecular weight is 463 g/mol. The molecule has 3 nitrogen and oxygen atoms in total. The van der Waals surface area contributed by atoms with Gasteiger partial charge in [0.25, 0.3) is 0 Å². The number of benzene rings is 4. The fourth-order valence-electron chi connectivity index (χ4n) is 5.10. The molecule has 1 atom stereocenters. The molecule has 1 aliphatic rings. The van der Waals surface area contributed by atoms with E-state index < -0.39 is 7.29 Å². The second-order valence-electron chi connectivity index (χ2n) is 8.95. The fraction of sp³-hybridized carbons (Fsp3) is 0.167. The van der Waals surface area contributed by atoms with Crippen LogP contribution in [-0.4, -0.2) is 0 Å². The highest BCUT2D eigenvalue weighted by Crippen LogP contribution is 2.56. The zero-order chi connectivity index (χ0) is 23.4. The Morgan fingerprint density at radius 2 is 1.24 bits per heavy atom. The molecular formula is C30H27N2OP. The lowest BCUT2D eigenvalue weighted by atomic mass is 9.59. The fourth-order valence-corrected chi connectivity index (χ4v) is 7.64. The zero-order valence-corrected chi connectivity index (χ0v) is 19.9. The van der Waals surface area contributed by atoms with Gasteiger partial charge in [-0.25, -0.2) is 0 Å². The third-order valence-corrected chi connectivity index (χ3v) is 9.74. The maximum atomic E-state index is 15.0. The van der Waals surface area contributed by atoms with Crippen LogP contribution >= 0.6 is 7.29 Å². The standard InChI is InChI=1S/C30H27N2OP/c31-23-24-17-19-26(20-18-24)30(21-10-22-30)29(25-11-4-1-5-12-25)32-34(33,27-13-6-2-7-14-27)28-15-8-3-9-16-28/h1-9,11-20,29H,10,21-22H2,(H,32,33). The van der Waals surface area contributed by atoms with E-state index in [1.54, 1.807) is 0 Å². The first kappa shape index (κ1) is 22.4. The smallest absolute Gasteiger partial charge is 0.205 e. The first-order chi connectivity index (χ1) is 16.7. The summed E-state index contributed by atoms with van der Waals surface area (Å²) < 4.78 is 15.0. The van der Waals surface area contributed by atoms with Crippen LogP contribution in [0.15, 0.2) is 115 Å². The molecule has 1 unspecified atom stereocenters. The second kappa shape index (κ2) is 9.43. The van der Waals surface area contributed by atoms with Crippen LogP contribution in [0.1, 0.15) is 42.0 Å². The van der Waals surface area contributed by atoms with E-state index in [1.165, 1.54) is 5.56 Å². The topological polar surface area (TPSA) is 52.9 Å². The Bertz CT molecular complexity index is 1280. The summed E-state index contributed by atoms with van der Waals surface area (Å²) in [5.41, 5.74) is 2.77. The van der Waals surface area contributed by atoms with Gasteiger partial charge < -0.3 is 0 Å². The van der Waals surface area contributed by atoms with Crippen molar-refractivity contribution in [1.82, 2.24) is 5.09 Å². The van der Waals surface area contributed by atoms with Crippen LogP contribution in [0.3, 0.4) is 0 Å². The Labute approximate surface area is 201 Å². The highest BCUT2D eigenvalue weighted by Gasteiger charge is 2.48. The summed E-state index contributed by atoms with van der Waals surface area (Å²) in [6.45, 7) is 0. The van der Waals surface area contributed by atoms with Gasteiger partial charge in [0.2, 0.25) is 7.29 Å². The molecule has 0 heterocycles. The molecule has 5 rings (SSSR count). The minimum absolute atomic E-state index is 0.151. The predicted octanol–water partition coefficient (Wildman–Crippen LogP) is 6.24. The van der Waals surface area contributed by atoms with E-state index >= 15 is 0 Å². The van der Waals surface area contributed by atoms with Crippen LogP contribution in [0.2, 0.25) is 0 Å². The molecule has 1 aliphatic carbocycles. The zero-order valence-electron chi connectivity index (χ0n) is 19.0. The van der Waals surface area contributed by atoms with Crippen molar-refractivity contribution >= 4 is 17.9 Å². The van der Waals surface area contributed by atoms with Gasteiger partial charge in [-0.3, -0.25) is 9.65 Å². The second-order valence-corrected chi connectivity index (χ2v) is 11.5. The molecule has 0 amide bonds. The SMILES string of the molecule is N#Cc1ccc(C2(C(NP(=O)(c3ccccc3)c3ccccc3)c3ccccc3)CCC2)cc1. The molecule has 0 aliphatic heterocycles. The van der Waals surface area contributed by atoms with Crippen molar-refractivity contribution in [3.63, 3.8) is 0 Å². The normalized spacial score (nSPS) is 15.6. The lowest BCUT2D eigenvalue weighted by Gasteiger charge is -2.50. The van der Waals surface area contributed by atoms with Gasteiger partial charge in [-0.05, 0) is 60.4 Å². The molecular weight excluding hydrogens is 435 g/mol. The summed E-state index contributed by atoms with van der Waals surface area (Å²) in [7, 11) is -3.16. The Morgan fingerprint density at radius 3 is 1.68 bits per heavy atom. The third kappa shape index (κ3) is 4.01. The van der Waals surface area contributed by atoms with Crippen LogP contribution in [0, 0.1) is 11.3 Å².